The summed E-state index contributed by atoms with van der Waals surface area (Å²) >= 11 is 0. The monoisotopic (exact) mass is 390 g/mol. The first-order valence-electron chi connectivity index (χ1n) is 9.53. The van der Waals surface area contributed by atoms with Crippen molar-refractivity contribution >= 4 is 0 Å². The van der Waals surface area contributed by atoms with Gasteiger partial charge in [0.2, 0.25) is 23.5 Å². The van der Waals surface area contributed by atoms with Crippen LogP contribution in [0.2, 0.25) is 0 Å². The van der Waals surface area contributed by atoms with E-state index in [-0.39, 0.29) is 17.8 Å². The Morgan fingerprint density at radius 3 is 2.52 bits per heavy atom. The molecule has 0 fully saturated rings. The van der Waals surface area contributed by atoms with Gasteiger partial charge in [0.25, 0.3) is 0 Å². The molecule has 0 saturated carbocycles. The van der Waals surface area contributed by atoms with E-state index >= 15 is 0 Å². The smallest absolute Gasteiger partial charge is 0.247 e. The fourth-order valence-electron chi connectivity index (χ4n) is 3.61. The van der Waals surface area contributed by atoms with Crippen LogP contribution in [-0.4, -0.2) is 20.0 Å². The van der Waals surface area contributed by atoms with Crippen LogP contribution in [0.3, 0.4) is 0 Å². The van der Waals surface area contributed by atoms with Crippen molar-refractivity contribution in [2.24, 2.45) is 5.73 Å². The second-order valence-corrected chi connectivity index (χ2v) is 7.23. The predicted octanol–water partition coefficient (Wildman–Crippen LogP) is 3.60. The summed E-state index contributed by atoms with van der Waals surface area (Å²) < 4.78 is 13.2. The van der Waals surface area contributed by atoms with Crippen LogP contribution in [0.5, 0.6) is 5.88 Å². The molecule has 3 heterocycles. The quantitative estimate of drug-likeness (QED) is 0.723. The van der Waals surface area contributed by atoms with Crippen molar-refractivity contribution in [3.05, 3.63) is 58.4 Å². The molecule has 1 aliphatic rings. The molecule has 0 spiro atoms. The number of ether oxygens (including phenoxy) is 1. The molecule has 8 nitrogen and oxygen atoms in total. The molecule has 0 bridgehead atoms. The average molecular weight is 390 g/mol. The van der Waals surface area contributed by atoms with Gasteiger partial charge in [0.1, 0.15) is 11.6 Å². The SMILES string of the molecule is CCc1nn(C(C)C)c2c1C(c1ccc(-c3nnc(C)o3)cc1)C(C#N)=C(N)O2. The number of aromatic nitrogens is 4. The molecule has 0 amide bonds. The van der Waals surface area contributed by atoms with Crippen molar-refractivity contribution in [2.45, 2.75) is 46.1 Å². The number of nitriles is 1. The third-order valence-corrected chi connectivity index (χ3v) is 4.99. The van der Waals surface area contributed by atoms with Crippen LogP contribution < -0.4 is 10.5 Å². The van der Waals surface area contributed by atoms with Gasteiger partial charge in [0.15, 0.2) is 0 Å². The Bertz CT molecular complexity index is 1130. The summed E-state index contributed by atoms with van der Waals surface area (Å²) in [6, 6.07) is 10.0. The van der Waals surface area contributed by atoms with Crippen molar-refractivity contribution in [1.29, 1.82) is 5.26 Å². The molecule has 3 aromatic rings. The lowest BCUT2D eigenvalue weighted by Crippen LogP contribution is -2.22. The predicted molar refractivity (Wildman–Crippen MR) is 106 cm³/mol. The van der Waals surface area contributed by atoms with E-state index in [2.05, 4.69) is 16.3 Å². The number of hydrogen-bond donors (Lipinski definition) is 1. The van der Waals surface area contributed by atoms with E-state index in [1.54, 1.807) is 6.92 Å². The first kappa shape index (κ1) is 18.7. The maximum absolute atomic E-state index is 9.81. The molecule has 29 heavy (non-hydrogen) atoms. The van der Waals surface area contributed by atoms with Crippen LogP contribution in [0.1, 0.15) is 55.4 Å². The summed E-state index contributed by atoms with van der Waals surface area (Å²) in [4.78, 5) is 0. The third kappa shape index (κ3) is 3.05. The zero-order valence-electron chi connectivity index (χ0n) is 16.8. The summed E-state index contributed by atoms with van der Waals surface area (Å²) in [7, 11) is 0. The normalized spacial score (nSPS) is 15.9. The minimum Gasteiger partial charge on any atom is -0.422 e. The highest BCUT2D eigenvalue weighted by atomic mass is 16.5. The summed E-state index contributed by atoms with van der Waals surface area (Å²) in [5, 5.41) is 22.5. The number of hydrogen-bond acceptors (Lipinski definition) is 7. The third-order valence-electron chi connectivity index (χ3n) is 4.99. The minimum atomic E-state index is -0.343. The standard InChI is InChI=1S/C21H22N6O2/c1-5-16-18-17(13-6-8-14(9-7-13)20-25-24-12(4)28-20)15(10-22)19(23)29-21(18)27(26-16)11(2)3/h6-9,11,17H,5,23H2,1-4H3. The van der Waals surface area contributed by atoms with Gasteiger partial charge in [0.05, 0.1) is 23.2 Å². The molecule has 148 valence electrons. The van der Waals surface area contributed by atoms with Crippen molar-refractivity contribution < 1.29 is 9.15 Å². The van der Waals surface area contributed by atoms with Crippen LogP contribution in [0.4, 0.5) is 0 Å². The van der Waals surface area contributed by atoms with Crippen molar-refractivity contribution in [1.82, 2.24) is 20.0 Å². The van der Waals surface area contributed by atoms with Gasteiger partial charge in [-0.1, -0.05) is 19.1 Å². The Balaban J connectivity index is 1.85. The molecule has 0 radical (unpaired) electrons. The van der Waals surface area contributed by atoms with Crippen LogP contribution in [0.15, 0.2) is 40.1 Å². The van der Waals surface area contributed by atoms with E-state index in [0.29, 0.717) is 23.2 Å². The Labute approximate surface area is 168 Å². The van der Waals surface area contributed by atoms with Gasteiger partial charge < -0.3 is 14.9 Å². The summed E-state index contributed by atoms with van der Waals surface area (Å²) in [6.45, 7) is 7.86. The van der Waals surface area contributed by atoms with E-state index in [9.17, 15) is 5.26 Å². The van der Waals surface area contributed by atoms with Crippen molar-refractivity contribution in [3.8, 4) is 23.4 Å². The molecule has 1 aliphatic heterocycles. The Morgan fingerprint density at radius 1 is 1.24 bits per heavy atom. The first-order valence-corrected chi connectivity index (χ1v) is 9.53. The Hall–Kier alpha value is -3.60. The molecule has 1 unspecified atom stereocenters. The van der Waals surface area contributed by atoms with E-state index < -0.39 is 0 Å². The fourth-order valence-corrected chi connectivity index (χ4v) is 3.61. The maximum Gasteiger partial charge on any atom is 0.247 e. The van der Waals surface area contributed by atoms with Crippen molar-refractivity contribution in [3.63, 3.8) is 0 Å². The Kier molecular flexibility index (Phi) is 4.59. The molecular weight excluding hydrogens is 368 g/mol. The highest BCUT2D eigenvalue weighted by Crippen LogP contribution is 2.45. The summed E-state index contributed by atoms with van der Waals surface area (Å²) in [6.07, 6.45) is 0.722. The second kappa shape index (κ2) is 7.09. The Morgan fingerprint density at radius 2 is 1.97 bits per heavy atom. The van der Waals surface area contributed by atoms with Crippen molar-refractivity contribution in [2.75, 3.05) is 0 Å². The number of aryl methyl sites for hydroxylation is 2. The number of nitrogens with two attached hydrogens (primary N) is 1. The first-order chi connectivity index (χ1) is 13.9. The van der Waals surface area contributed by atoms with E-state index in [4.69, 9.17) is 20.0 Å². The number of benzene rings is 1. The zero-order valence-corrected chi connectivity index (χ0v) is 16.8. The molecule has 2 N–H and O–H groups in total. The summed E-state index contributed by atoms with van der Waals surface area (Å²) in [5.41, 5.74) is 10.1. The van der Waals surface area contributed by atoms with Gasteiger partial charge in [-0.2, -0.15) is 10.4 Å². The largest absolute Gasteiger partial charge is 0.422 e. The molecule has 1 aromatic carbocycles. The number of nitrogens with zero attached hydrogens (tertiary/aromatic N) is 5. The number of rotatable bonds is 4. The second-order valence-electron chi connectivity index (χ2n) is 7.23. The fraction of sp³-hybridized carbons (Fsp3) is 0.333. The van der Waals surface area contributed by atoms with E-state index in [1.165, 1.54) is 0 Å². The molecule has 0 saturated heterocycles. The van der Waals surface area contributed by atoms with Crippen LogP contribution in [0, 0.1) is 18.3 Å². The molecule has 1 atom stereocenters. The lowest BCUT2D eigenvalue weighted by molar-refractivity contribution is 0.334. The molecule has 2 aromatic heterocycles. The lowest BCUT2D eigenvalue weighted by Gasteiger charge is -2.25. The number of allylic oxidation sites excluding steroid dienone is 1. The van der Waals surface area contributed by atoms with Gasteiger partial charge >= 0.3 is 0 Å². The molecule has 0 aliphatic carbocycles. The average Bonchev–Trinajstić information content (AvgIpc) is 3.30. The minimum absolute atomic E-state index is 0.101. The van der Waals surface area contributed by atoms with Crippen LogP contribution in [-0.2, 0) is 6.42 Å². The van der Waals surface area contributed by atoms with Gasteiger partial charge in [-0.15, -0.1) is 10.2 Å². The van der Waals surface area contributed by atoms with Crippen LogP contribution >= 0.6 is 0 Å². The molecular formula is C21H22N6O2. The molecule has 4 rings (SSSR count). The summed E-state index contributed by atoms with van der Waals surface area (Å²) in [5.74, 6) is 1.35. The van der Waals surface area contributed by atoms with E-state index in [0.717, 1.165) is 28.8 Å². The maximum atomic E-state index is 9.81. The van der Waals surface area contributed by atoms with Gasteiger partial charge in [-0.05, 0) is 38.0 Å². The zero-order chi connectivity index (χ0) is 20.7. The van der Waals surface area contributed by atoms with Gasteiger partial charge in [0, 0.05) is 12.5 Å². The van der Waals surface area contributed by atoms with Gasteiger partial charge in [-0.3, -0.25) is 0 Å². The highest BCUT2D eigenvalue weighted by Gasteiger charge is 2.36. The highest BCUT2D eigenvalue weighted by molar-refractivity contribution is 5.59. The van der Waals surface area contributed by atoms with E-state index in [1.807, 2.05) is 49.7 Å². The molecule has 8 heteroatoms. The lowest BCUT2D eigenvalue weighted by atomic mass is 9.83. The van der Waals surface area contributed by atoms with Gasteiger partial charge in [-0.25, -0.2) is 4.68 Å². The number of fused-ring (bicyclic) bond motifs is 1. The topological polar surface area (TPSA) is 116 Å². The van der Waals surface area contributed by atoms with Crippen LogP contribution in [0.25, 0.3) is 11.5 Å².